The van der Waals surface area contributed by atoms with Crippen LogP contribution in [0.3, 0.4) is 0 Å². The number of halogens is 1. The van der Waals surface area contributed by atoms with Crippen LogP contribution in [0, 0.1) is 5.41 Å². The van der Waals surface area contributed by atoms with Gasteiger partial charge in [0, 0.05) is 19.3 Å². The van der Waals surface area contributed by atoms with Crippen LogP contribution in [0.5, 0.6) is 0 Å². The van der Waals surface area contributed by atoms with Crippen molar-refractivity contribution in [1.82, 2.24) is 4.90 Å². The van der Waals surface area contributed by atoms with Gasteiger partial charge in [0.25, 0.3) is 0 Å². The summed E-state index contributed by atoms with van der Waals surface area (Å²) in [6.07, 6.45) is 6.38. The maximum Gasteiger partial charge on any atom is 0.113 e. The van der Waals surface area contributed by atoms with E-state index in [1.807, 2.05) is 36.4 Å². The van der Waals surface area contributed by atoms with E-state index < -0.39 is 6.17 Å². The SMILES string of the molecule is N=C/C=C(/CN1CCCCCC(F)C1)c1ccccc1. The molecule has 1 N–H and O–H groups in total. The van der Waals surface area contributed by atoms with E-state index in [0.717, 1.165) is 43.5 Å². The van der Waals surface area contributed by atoms with Crippen molar-refractivity contribution in [3.63, 3.8) is 0 Å². The summed E-state index contributed by atoms with van der Waals surface area (Å²) in [5, 5.41) is 7.32. The molecule has 0 radical (unpaired) electrons. The summed E-state index contributed by atoms with van der Waals surface area (Å²) in [6.45, 7) is 2.19. The molecule has 1 heterocycles. The van der Waals surface area contributed by atoms with Crippen molar-refractivity contribution < 1.29 is 4.39 Å². The molecule has 0 spiro atoms. The van der Waals surface area contributed by atoms with Crippen LogP contribution in [0.1, 0.15) is 31.2 Å². The molecule has 1 fully saturated rings. The molecule has 1 unspecified atom stereocenters. The first-order chi connectivity index (χ1) is 9.79. The fourth-order valence-corrected chi connectivity index (χ4v) is 2.72. The zero-order valence-corrected chi connectivity index (χ0v) is 11.9. The highest BCUT2D eigenvalue weighted by molar-refractivity contribution is 5.83. The zero-order chi connectivity index (χ0) is 14.2. The first-order valence-corrected chi connectivity index (χ1v) is 7.41. The highest BCUT2D eigenvalue weighted by atomic mass is 19.1. The van der Waals surface area contributed by atoms with Gasteiger partial charge in [0.2, 0.25) is 0 Å². The van der Waals surface area contributed by atoms with Crippen molar-refractivity contribution >= 4 is 11.8 Å². The Bertz CT molecular complexity index is 442. The number of hydrogen-bond acceptors (Lipinski definition) is 2. The van der Waals surface area contributed by atoms with E-state index in [4.69, 9.17) is 5.41 Å². The van der Waals surface area contributed by atoms with Crippen molar-refractivity contribution in [2.75, 3.05) is 19.6 Å². The van der Waals surface area contributed by atoms with Gasteiger partial charge in [-0.15, -0.1) is 0 Å². The predicted molar refractivity (Wildman–Crippen MR) is 83.0 cm³/mol. The molecule has 0 saturated carbocycles. The van der Waals surface area contributed by atoms with E-state index in [2.05, 4.69) is 4.90 Å². The molecule has 2 rings (SSSR count). The maximum atomic E-state index is 13.8. The Labute approximate surface area is 120 Å². The molecule has 1 aromatic rings. The van der Waals surface area contributed by atoms with E-state index in [0.29, 0.717) is 13.0 Å². The maximum absolute atomic E-state index is 13.8. The number of nitrogens with one attached hydrogen (secondary N) is 1. The molecular formula is C17H23FN2. The molecule has 3 heteroatoms. The van der Waals surface area contributed by atoms with Gasteiger partial charge in [-0.1, -0.05) is 43.2 Å². The van der Waals surface area contributed by atoms with E-state index in [1.165, 1.54) is 6.21 Å². The van der Waals surface area contributed by atoms with Crippen molar-refractivity contribution in [3.8, 4) is 0 Å². The topological polar surface area (TPSA) is 27.1 Å². The predicted octanol–water partition coefficient (Wildman–Crippen LogP) is 3.93. The number of rotatable bonds is 4. The minimum absolute atomic E-state index is 0.516. The summed E-state index contributed by atoms with van der Waals surface area (Å²) in [4.78, 5) is 2.19. The van der Waals surface area contributed by atoms with Gasteiger partial charge in [-0.25, -0.2) is 4.39 Å². The molecule has 1 atom stereocenters. The molecule has 2 nitrogen and oxygen atoms in total. The van der Waals surface area contributed by atoms with Crippen molar-refractivity contribution in [2.24, 2.45) is 0 Å². The van der Waals surface area contributed by atoms with Crippen LogP contribution in [0.25, 0.3) is 5.57 Å². The van der Waals surface area contributed by atoms with Gasteiger partial charge < -0.3 is 5.41 Å². The molecule has 20 heavy (non-hydrogen) atoms. The number of hydrogen-bond donors (Lipinski definition) is 1. The number of benzene rings is 1. The normalized spacial score (nSPS) is 22.1. The number of allylic oxidation sites excluding steroid dienone is 1. The Morgan fingerprint density at radius 1 is 1.25 bits per heavy atom. The second kappa shape index (κ2) is 7.95. The fourth-order valence-electron chi connectivity index (χ4n) is 2.72. The largest absolute Gasteiger partial charge is 0.309 e. The van der Waals surface area contributed by atoms with E-state index in [-0.39, 0.29) is 0 Å². The molecule has 0 bridgehead atoms. The molecule has 1 saturated heterocycles. The molecule has 1 aliphatic heterocycles. The quantitative estimate of drug-likeness (QED) is 0.827. The molecule has 0 aliphatic carbocycles. The smallest absolute Gasteiger partial charge is 0.113 e. The minimum Gasteiger partial charge on any atom is -0.309 e. The van der Waals surface area contributed by atoms with Gasteiger partial charge >= 0.3 is 0 Å². The lowest BCUT2D eigenvalue weighted by Crippen LogP contribution is -2.34. The zero-order valence-electron chi connectivity index (χ0n) is 11.9. The summed E-state index contributed by atoms with van der Waals surface area (Å²) >= 11 is 0. The van der Waals surface area contributed by atoms with Crippen LogP contribution in [0.4, 0.5) is 4.39 Å². The molecular weight excluding hydrogens is 251 g/mol. The van der Waals surface area contributed by atoms with Gasteiger partial charge in [-0.2, -0.15) is 0 Å². The second-order valence-electron chi connectivity index (χ2n) is 5.41. The third-order valence-electron chi connectivity index (χ3n) is 3.77. The molecule has 0 amide bonds. The van der Waals surface area contributed by atoms with Gasteiger partial charge in [0.15, 0.2) is 0 Å². The average molecular weight is 274 g/mol. The summed E-state index contributed by atoms with van der Waals surface area (Å²) < 4.78 is 13.8. The van der Waals surface area contributed by atoms with Crippen LogP contribution in [-0.2, 0) is 0 Å². The van der Waals surface area contributed by atoms with Gasteiger partial charge in [0.1, 0.15) is 6.17 Å². The fraction of sp³-hybridized carbons (Fsp3) is 0.471. The van der Waals surface area contributed by atoms with Crippen LogP contribution in [-0.4, -0.2) is 36.9 Å². The lowest BCUT2D eigenvalue weighted by molar-refractivity contribution is 0.178. The number of likely N-dealkylation sites (tertiary alicyclic amines) is 1. The van der Waals surface area contributed by atoms with E-state index in [1.54, 1.807) is 0 Å². The summed E-state index contributed by atoms with van der Waals surface area (Å²) in [6, 6.07) is 10.1. The van der Waals surface area contributed by atoms with Crippen LogP contribution < -0.4 is 0 Å². The first kappa shape index (κ1) is 14.9. The summed E-state index contributed by atoms with van der Waals surface area (Å²) in [7, 11) is 0. The van der Waals surface area contributed by atoms with Gasteiger partial charge in [-0.05, 0) is 36.6 Å². The first-order valence-electron chi connectivity index (χ1n) is 7.41. The molecule has 108 valence electrons. The summed E-state index contributed by atoms with van der Waals surface area (Å²) in [5.41, 5.74) is 2.21. The van der Waals surface area contributed by atoms with Crippen LogP contribution in [0.2, 0.25) is 0 Å². The average Bonchev–Trinajstić information content (AvgIpc) is 2.44. The van der Waals surface area contributed by atoms with Crippen molar-refractivity contribution in [2.45, 2.75) is 31.9 Å². The minimum atomic E-state index is -0.715. The van der Waals surface area contributed by atoms with Crippen LogP contribution in [0.15, 0.2) is 36.4 Å². The van der Waals surface area contributed by atoms with Crippen molar-refractivity contribution in [1.29, 1.82) is 5.41 Å². The second-order valence-corrected chi connectivity index (χ2v) is 5.41. The van der Waals surface area contributed by atoms with E-state index >= 15 is 0 Å². The lowest BCUT2D eigenvalue weighted by atomic mass is 10.0. The third-order valence-corrected chi connectivity index (χ3v) is 3.77. The Hall–Kier alpha value is -1.48. The Kier molecular flexibility index (Phi) is 5.93. The van der Waals surface area contributed by atoms with Gasteiger partial charge in [0.05, 0.1) is 0 Å². The third kappa shape index (κ3) is 4.57. The number of alkyl halides is 1. The molecule has 1 aliphatic rings. The Morgan fingerprint density at radius 2 is 2.05 bits per heavy atom. The molecule has 0 aromatic heterocycles. The van der Waals surface area contributed by atoms with Gasteiger partial charge in [-0.3, -0.25) is 4.90 Å². The Balaban J connectivity index is 2.07. The Morgan fingerprint density at radius 3 is 2.80 bits per heavy atom. The van der Waals surface area contributed by atoms with Crippen molar-refractivity contribution in [3.05, 3.63) is 42.0 Å². The highest BCUT2D eigenvalue weighted by Gasteiger charge is 2.17. The standard InChI is InChI=1S/C17H23FN2/c18-17-9-5-2-6-12-20(14-17)13-16(10-11-19)15-7-3-1-4-8-15/h1,3-4,7-8,10-11,17,19H,2,5-6,9,12-14H2/b16-10-,19-11?. The lowest BCUT2D eigenvalue weighted by Gasteiger charge is -2.27. The van der Waals surface area contributed by atoms with Crippen LogP contribution >= 0.6 is 0 Å². The number of nitrogens with zero attached hydrogens (tertiary/aromatic N) is 1. The van der Waals surface area contributed by atoms with E-state index in [9.17, 15) is 4.39 Å². The summed E-state index contributed by atoms with van der Waals surface area (Å²) in [5.74, 6) is 0. The molecule has 1 aromatic carbocycles. The highest BCUT2D eigenvalue weighted by Crippen LogP contribution is 2.19. The monoisotopic (exact) mass is 274 g/mol.